The third-order valence-electron chi connectivity index (χ3n) is 4.32. The third-order valence-corrected chi connectivity index (χ3v) is 4.32. The molecule has 0 saturated carbocycles. The summed E-state index contributed by atoms with van der Waals surface area (Å²) >= 11 is 0. The second-order valence-corrected chi connectivity index (χ2v) is 6.52. The molecule has 0 bridgehead atoms. The predicted octanol–water partition coefficient (Wildman–Crippen LogP) is 5.63. The molecular formula is C25H20N2O3. The molecule has 0 radical (unpaired) electrons. The highest BCUT2D eigenvalue weighted by molar-refractivity contribution is 5.95. The van der Waals surface area contributed by atoms with Gasteiger partial charge in [-0.1, -0.05) is 54.6 Å². The van der Waals surface area contributed by atoms with Crippen molar-refractivity contribution in [2.75, 3.05) is 5.32 Å². The number of hydrogen-bond donors (Lipinski definition) is 1. The van der Waals surface area contributed by atoms with Gasteiger partial charge in [0.1, 0.15) is 17.2 Å². The molecule has 1 unspecified atom stereocenters. The van der Waals surface area contributed by atoms with Gasteiger partial charge in [-0.3, -0.25) is 9.78 Å². The Bertz CT molecular complexity index is 1090. The van der Waals surface area contributed by atoms with Crippen LogP contribution in [-0.2, 0) is 4.79 Å². The van der Waals surface area contributed by atoms with E-state index in [1.54, 1.807) is 30.6 Å². The van der Waals surface area contributed by atoms with E-state index in [1.807, 2.05) is 78.9 Å². The van der Waals surface area contributed by atoms with E-state index in [4.69, 9.17) is 9.47 Å². The van der Waals surface area contributed by atoms with Crippen molar-refractivity contribution in [1.29, 1.82) is 0 Å². The molecule has 4 aromatic rings. The number of rotatable bonds is 7. The highest BCUT2D eigenvalue weighted by Crippen LogP contribution is 2.26. The summed E-state index contributed by atoms with van der Waals surface area (Å²) in [4.78, 5) is 17.1. The number of nitrogens with zero attached hydrogens (tertiary/aromatic N) is 1. The lowest BCUT2D eigenvalue weighted by atomic mass is 10.1. The minimum absolute atomic E-state index is 0.272. The zero-order valence-electron chi connectivity index (χ0n) is 16.1. The van der Waals surface area contributed by atoms with E-state index in [-0.39, 0.29) is 5.91 Å². The second-order valence-electron chi connectivity index (χ2n) is 6.52. The van der Waals surface area contributed by atoms with Crippen molar-refractivity contribution in [2.45, 2.75) is 6.10 Å². The van der Waals surface area contributed by atoms with Gasteiger partial charge in [0.15, 0.2) is 0 Å². The maximum Gasteiger partial charge on any atom is 0.270 e. The lowest BCUT2D eigenvalue weighted by molar-refractivity contribution is -0.123. The fourth-order valence-electron chi connectivity index (χ4n) is 2.92. The van der Waals surface area contributed by atoms with Crippen molar-refractivity contribution < 1.29 is 14.3 Å². The number of aromatic nitrogens is 1. The summed E-state index contributed by atoms with van der Waals surface area (Å²) in [5, 5.41) is 2.93. The summed E-state index contributed by atoms with van der Waals surface area (Å²) in [6.07, 6.45) is 2.52. The van der Waals surface area contributed by atoms with Gasteiger partial charge in [-0.25, -0.2) is 0 Å². The van der Waals surface area contributed by atoms with Crippen LogP contribution in [0, 0.1) is 0 Å². The van der Waals surface area contributed by atoms with E-state index in [0.29, 0.717) is 22.9 Å². The Hall–Kier alpha value is -4.12. The largest absolute Gasteiger partial charge is 0.476 e. The summed E-state index contributed by atoms with van der Waals surface area (Å²) in [6.45, 7) is 0. The number of benzene rings is 3. The number of para-hydroxylation sites is 1. The van der Waals surface area contributed by atoms with Crippen LogP contribution in [0.4, 0.5) is 5.69 Å². The first kappa shape index (κ1) is 19.2. The van der Waals surface area contributed by atoms with E-state index < -0.39 is 6.10 Å². The third kappa shape index (κ3) is 5.02. The van der Waals surface area contributed by atoms with E-state index in [0.717, 1.165) is 5.56 Å². The molecule has 1 N–H and O–H groups in total. The van der Waals surface area contributed by atoms with Crippen molar-refractivity contribution >= 4 is 11.6 Å². The Morgan fingerprint density at radius 1 is 0.733 bits per heavy atom. The first-order valence-corrected chi connectivity index (χ1v) is 9.53. The molecule has 148 valence electrons. The molecule has 1 amide bonds. The second kappa shape index (κ2) is 9.39. The first-order chi connectivity index (χ1) is 14.8. The number of nitrogens with one attached hydrogen (secondary N) is 1. The van der Waals surface area contributed by atoms with E-state index in [2.05, 4.69) is 10.3 Å². The van der Waals surface area contributed by atoms with E-state index >= 15 is 0 Å². The Labute approximate surface area is 174 Å². The summed E-state index contributed by atoms with van der Waals surface area (Å²) in [5.41, 5.74) is 1.38. The average Bonchev–Trinajstić information content (AvgIpc) is 2.80. The summed E-state index contributed by atoms with van der Waals surface area (Å²) < 4.78 is 11.8. The van der Waals surface area contributed by atoms with Gasteiger partial charge in [0.2, 0.25) is 6.10 Å². The maximum absolute atomic E-state index is 13.1. The highest BCUT2D eigenvalue weighted by atomic mass is 16.5. The normalized spacial score (nSPS) is 11.3. The van der Waals surface area contributed by atoms with Crippen LogP contribution in [-0.4, -0.2) is 10.9 Å². The molecule has 5 heteroatoms. The van der Waals surface area contributed by atoms with Gasteiger partial charge in [-0.15, -0.1) is 0 Å². The molecule has 3 aromatic carbocycles. The average molecular weight is 396 g/mol. The number of anilines is 1. The number of pyridine rings is 1. The number of ether oxygens (including phenoxy) is 2. The molecule has 5 nitrogen and oxygen atoms in total. The fraction of sp³-hybridized carbons (Fsp3) is 0.0400. The molecule has 1 aromatic heterocycles. The van der Waals surface area contributed by atoms with Gasteiger partial charge in [0, 0.05) is 29.7 Å². The quantitative estimate of drug-likeness (QED) is 0.440. The van der Waals surface area contributed by atoms with Crippen LogP contribution in [0.15, 0.2) is 109 Å². The molecule has 0 aliphatic rings. The van der Waals surface area contributed by atoms with Crippen molar-refractivity contribution in [3.8, 4) is 17.2 Å². The van der Waals surface area contributed by atoms with Crippen LogP contribution in [0.1, 0.15) is 11.7 Å². The minimum Gasteiger partial charge on any atom is -0.476 e. The number of carbonyl (C=O) groups is 1. The van der Waals surface area contributed by atoms with Gasteiger partial charge < -0.3 is 14.8 Å². The predicted molar refractivity (Wildman–Crippen MR) is 116 cm³/mol. The van der Waals surface area contributed by atoms with Gasteiger partial charge in [-0.2, -0.15) is 0 Å². The maximum atomic E-state index is 13.1. The van der Waals surface area contributed by atoms with Crippen LogP contribution in [0.5, 0.6) is 17.2 Å². The summed E-state index contributed by atoms with van der Waals surface area (Å²) in [7, 11) is 0. The van der Waals surface area contributed by atoms with Crippen LogP contribution >= 0.6 is 0 Å². The van der Waals surface area contributed by atoms with Crippen molar-refractivity contribution in [1.82, 2.24) is 4.98 Å². The van der Waals surface area contributed by atoms with Crippen molar-refractivity contribution in [3.05, 3.63) is 115 Å². The van der Waals surface area contributed by atoms with E-state index in [9.17, 15) is 4.79 Å². The van der Waals surface area contributed by atoms with Gasteiger partial charge in [0.25, 0.3) is 5.91 Å². The SMILES string of the molecule is O=C(Nc1cccc(Oc2ccncc2)c1)C(Oc1ccccc1)c1ccccc1. The van der Waals surface area contributed by atoms with Gasteiger partial charge in [-0.05, 0) is 36.4 Å². The van der Waals surface area contributed by atoms with Gasteiger partial charge >= 0.3 is 0 Å². The monoisotopic (exact) mass is 396 g/mol. The molecule has 30 heavy (non-hydrogen) atoms. The summed E-state index contributed by atoms with van der Waals surface area (Å²) in [6, 6.07) is 29.5. The fourth-order valence-corrected chi connectivity index (χ4v) is 2.92. The molecule has 0 aliphatic heterocycles. The molecule has 4 rings (SSSR count). The van der Waals surface area contributed by atoms with Crippen LogP contribution in [0.2, 0.25) is 0 Å². The van der Waals surface area contributed by atoms with Crippen molar-refractivity contribution in [3.63, 3.8) is 0 Å². The lowest BCUT2D eigenvalue weighted by Gasteiger charge is -2.19. The topological polar surface area (TPSA) is 60.5 Å². The molecule has 0 saturated heterocycles. The number of hydrogen-bond acceptors (Lipinski definition) is 4. The lowest BCUT2D eigenvalue weighted by Crippen LogP contribution is -2.25. The zero-order valence-corrected chi connectivity index (χ0v) is 16.1. The Kier molecular flexibility index (Phi) is 6.01. The molecule has 1 heterocycles. The number of carbonyl (C=O) groups excluding carboxylic acids is 1. The first-order valence-electron chi connectivity index (χ1n) is 9.53. The highest BCUT2D eigenvalue weighted by Gasteiger charge is 2.23. The Morgan fingerprint density at radius 2 is 1.40 bits per heavy atom. The molecular weight excluding hydrogens is 376 g/mol. The smallest absolute Gasteiger partial charge is 0.270 e. The van der Waals surface area contributed by atoms with E-state index in [1.165, 1.54) is 0 Å². The van der Waals surface area contributed by atoms with Crippen LogP contribution in [0.3, 0.4) is 0 Å². The van der Waals surface area contributed by atoms with Crippen molar-refractivity contribution in [2.24, 2.45) is 0 Å². The molecule has 1 atom stereocenters. The summed E-state index contributed by atoms with van der Waals surface area (Å²) in [5.74, 6) is 1.63. The molecule has 0 aliphatic carbocycles. The number of amides is 1. The van der Waals surface area contributed by atoms with Crippen LogP contribution < -0.4 is 14.8 Å². The minimum atomic E-state index is -0.793. The standard InChI is InChI=1S/C25H20N2O3/c28-25(24(19-8-3-1-4-9-19)30-21-11-5-2-6-12-21)27-20-10-7-13-23(18-20)29-22-14-16-26-17-15-22/h1-18,24H,(H,27,28). The molecule has 0 spiro atoms. The van der Waals surface area contributed by atoms with Gasteiger partial charge in [0.05, 0.1) is 0 Å². The zero-order chi connectivity index (χ0) is 20.6. The Morgan fingerprint density at radius 3 is 2.13 bits per heavy atom. The molecule has 0 fully saturated rings. The Balaban J connectivity index is 1.53. The van der Waals surface area contributed by atoms with Crippen LogP contribution in [0.25, 0.3) is 0 Å².